The van der Waals surface area contributed by atoms with Crippen LogP contribution in [0.4, 0.5) is 5.69 Å². The number of hydrogen-bond acceptors (Lipinski definition) is 2. The Kier molecular flexibility index (Phi) is 2.18. The van der Waals surface area contributed by atoms with Crippen molar-refractivity contribution in [3.8, 4) is 0 Å². The molecule has 2 heteroatoms. The summed E-state index contributed by atoms with van der Waals surface area (Å²) in [6.45, 7) is 5.72. The van der Waals surface area contributed by atoms with Crippen molar-refractivity contribution in [2.75, 3.05) is 5.73 Å². The summed E-state index contributed by atoms with van der Waals surface area (Å²) in [6, 6.07) is 3.88. The molecular weight excluding hydrogens is 148 g/mol. The summed E-state index contributed by atoms with van der Waals surface area (Å²) in [5.41, 5.74) is 10.2. The first-order valence-electron chi connectivity index (χ1n) is 3.94. The van der Waals surface area contributed by atoms with E-state index in [9.17, 15) is 0 Å². The molecule has 0 fully saturated rings. The van der Waals surface area contributed by atoms with Crippen LogP contribution in [0.15, 0.2) is 12.1 Å². The van der Waals surface area contributed by atoms with Crippen molar-refractivity contribution in [2.24, 2.45) is 0 Å². The number of aryl methyl sites for hydroxylation is 2. The fourth-order valence-corrected chi connectivity index (χ4v) is 1.24. The topological polar surface area (TPSA) is 49.9 Å². The number of nitrogens with two attached hydrogens (primary N) is 1. The van der Waals surface area contributed by atoms with Crippen LogP contribution in [0.1, 0.15) is 23.6 Å². The fraction of sp³-hybridized carbons (Fsp3) is 0.300. The van der Waals surface area contributed by atoms with E-state index in [0.29, 0.717) is 5.71 Å². The quantitative estimate of drug-likeness (QED) is 0.483. The second-order valence-electron chi connectivity index (χ2n) is 3.15. The molecule has 1 aromatic rings. The van der Waals surface area contributed by atoms with E-state index < -0.39 is 0 Å². The van der Waals surface area contributed by atoms with Gasteiger partial charge in [-0.1, -0.05) is 0 Å². The Morgan fingerprint density at radius 2 is 1.83 bits per heavy atom. The Morgan fingerprint density at radius 3 is 2.33 bits per heavy atom. The van der Waals surface area contributed by atoms with Gasteiger partial charge in [-0.3, -0.25) is 0 Å². The lowest BCUT2D eigenvalue weighted by atomic mass is 10.0. The summed E-state index contributed by atoms with van der Waals surface area (Å²) < 4.78 is 0. The van der Waals surface area contributed by atoms with Crippen molar-refractivity contribution >= 4 is 11.4 Å². The highest BCUT2D eigenvalue weighted by atomic mass is 14.6. The van der Waals surface area contributed by atoms with Crippen LogP contribution in [-0.2, 0) is 0 Å². The number of nitrogens with one attached hydrogen (secondary N) is 1. The molecule has 0 aromatic heterocycles. The van der Waals surface area contributed by atoms with E-state index in [1.807, 2.05) is 26.0 Å². The third-order valence-electron chi connectivity index (χ3n) is 2.02. The minimum absolute atomic E-state index is 0.593. The molecule has 64 valence electrons. The zero-order valence-electron chi connectivity index (χ0n) is 7.73. The van der Waals surface area contributed by atoms with Gasteiger partial charge in [0.05, 0.1) is 0 Å². The van der Waals surface area contributed by atoms with Crippen LogP contribution in [-0.4, -0.2) is 5.71 Å². The fourth-order valence-electron chi connectivity index (χ4n) is 1.24. The van der Waals surface area contributed by atoms with Crippen molar-refractivity contribution in [2.45, 2.75) is 20.8 Å². The molecule has 0 aliphatic carbocycles. The molecule has 0 radical (unpaired) electrons. The van der Waals surface area contributed by atoms with E-state index in [-0.39, 0.29) is 0 Å². The molecule has 0 heterocycles. The summed E-state index contributed by atoms with van der Waals surface area (Å²) in [6.07, 6.45) is 0. The smallest absolute Gasteiger partial charge is 0.0358 e. The molecule has 0 aliphatic heterocycles. The maximum atomic E-state index is 7.50. The second-order valence-corrected chi connectivity index (χ2v) is 3.15. The molecule has 0 saturated carbocycles. The largest absolute Gasteiger partial charge is 0.399 e. The van der Waals surface area contributed by atoms with Crippen molar-refractivity contribution in [1.29, 1.82) is 5.41 Å². The molecule has 2 nitrogen and oxygen atoms in total. The lowest BCUT2D eigenvalue weighted by molar-refractivity contribution is 1.35. The maximum Gasteiger partial charge on any atom is 0.0358 e. The summed E-state index contributed by atoms with van der Waals surface area (Å²) in [7, 11) is 0. The number of anilines is 1. The molecule has 0 bridgehead atoms. The molecule has 0 atom stereocenters. The van der Waals surface area contributed by atoms with Gasteiger partial charge in [0, 0.05) is 11.4 Å². The highest BCUT2D eigenvalue weighted by molar-refractivity contribution is 5.98. The van der Waals surface area contributed by atoms with E-state index in [1.165, 1.54) is 0 Å². The van der Waals surface area contributed by atoms with Crippen LogP contribution < -0.4 is 5.73 Å². The van der Waals surface area contributed by atoms with Crippen LogP contribution in [0, 0.1) is 19.3 Å². The molecule has 0 saturated heterocycles. The number of rotatable bonds is 1. The minimum atomic E-state index is 0.593. The summed E-state index contributed by atoms with van der Waals surface area (Å²) >= 11 is 0. The predicted molar refractivity (Wildman–Crippen MR) is 52.8 cm³/mol. The molecule has 12 heavy (non-hydrogen) atoms. The van der Waals surface area contributed by atoms with Gasteiger partial charge in [-0.2, -0.15) is 0 Å². The lowest BCUT2D eigenvalue weighted by Gasteiger charge is -2.07. The number of nitrogen functional groups attached to an aromatic ring is 1. The predicted octanol–water partition coefficient (Wildman–Crippen LogP) is 2.27. The first-order valence-corrected chi connectivity index (χ1v) is 3.94. The van der Waals surface area contributed by atoms with Gasteiger partial charge in [0.15, 0.2) is 0 Å². The van der Waals surface area contributed by atoms with E-state index >= 15 is 0 Å². The van der Waals surface area contributed by atoms with Crippen LogP contribution in [0.3, 0.4) is 0 Å². The molecule has 0 amide bonds. The Labute approximate surface area is 72.9 Å². The Hall–Kier alpha value is -1.31. The normalized spacial score (nSPS) is 9.92. The van der Waals surface area contributed by atoms with Crippen molar-refractivity contribution in [1.82, 2.24) is 0 Å². The van der Waals surface area contributed by atoms with Gasteiger partial charge in [0.2, 0.25) is 0 Å². The SMILES string of the molecule is CC(=N)c1cc(C)c(N)cc1C. The molecule has 1 aromatic carbocycles. The van der Waals surface area contributed by atoms with Crippen molar-refractivity contribution in [3.63, 3.8) is 0 Å². The molecular formula is C10H14N2. The molecule has 1 rings (SSSR count). The Balaban J connectivity index is 3.33. The first-order chi connectivity index (χ1) is 5.52. The van der Waals surface area contributed by atoms with Crippen molar-refractivity contribution < 1.29 is 0 Å². The number of hydrogen-bond donors (Lipinski definition) is 2. The molecule has 0 aliphatic rings. The average molecular weight is 162 g/mol. The minimum Gasteiger partial charge on any atom is -0.399 e. The Bertz CT molecular complexity index is 327. The monoisotopic (exact) mass is 162 g/mol. The standard InChI is InChI=1S/C10H14N2/c1-6-5-10(12)7(2)4-9(6)8(3)11/h4-5,11H,12H2,1-3H3. The Morgan fingerprint density at radius 1 is 1.25 bits per heavy atom. The third kappa shape index (κ3) is 1.47. The molecule has 3 N–H and O–H groups in total. The van der Waals surface area contributed by atoms with Crippen LogP contribution in [0.25, 0.3) is 0 Å². The van der Waals surface area contributed by atoms with Gasteiger partial charge in [-0.15, -0.1) is 0 Å². The third-order valence-corrected chi connectivity index (χ3v) is 2.02. The van der Waals surface area contributed by atoms with Crippen LogP contribution in [0.2, 0.25) is 0 Å². The van der Waals surface area contributed by atoms with Crippen molar-refractivity contribution in [3.05, 3.63) is 28.8 Å². The van der Waals surface area contributed by atoms with Crippen LogP contribution in [0.5, 0.6) is 0 Å². The first kappa shape index (κ1) is 8.78. The van der Waals surface area contributed by atoms with Gasteiger partial charge in [-0.25, -0.2) is 0 Å². The van der Waals surface area contributed by atoms with Gasteiger partial charge in [0.1, 0.15) is 0 Å². The number of benzene rings is 1. The summed E-state index contributed by atoms with van der Waals surface area (Å²) in [5.74, 6) is 0. The van der Waals surface area contributed by atoms with E-state index in [1.54, 1.807) is 6.92 Å². The summed E-state index contributed by atoms with van der Waals surface area (Å²) in [4.78, 5) is 0. The van der Waals surface area contributed by atoms with E-state index in [4.69, 9.17) is 11.1 Å². The molecule has 0 spiro atoms. The average Bonchev–Trinajstić information content (AvgIpc) is 1.96. The van der Waals surface area contributed by atoms with Crippen LogP contribution >= 0.6 is 0 Å². The van der Waals surface area contributed by atoms with Gasteiger partial charge < -0.3 is 11.1 Å². The highest BCUT2D eigenvalue weighted by Crippen LogP contribution is 2.17. The lowest BCUT2D eigenvalue weighted by Crippen LogP contribution is -1.99. The second kappa shape index (κ2) is 2.97. The van der Waals surface area contributed by atoms with Gasteiger partial charge >= 0.3 is 0 Å². The summed E-state index contributed by atoms with van der Waals surface area (Å²) in [5, 5.41) is 7.50. The zero-order chi connectivity index (χ0) is 9.30. The van der Waals surface area contributed by atoms with E-state index in [2.05, 4.69) is 0 Å². The zero-order valence-corrected chi connectivity index (χ0v) is 7.73. The highest BCUT2D eigenvalue weighted by Gasteiger charge is 2.02. The molecule has 0 unspecified atom stereocenters. The van der Waals surface area contributed by atoms with Gasteiger partial charge in [-0.05, 0) is 49.6 Å². The van der Waals surface area contributed by atoms with Gasteiger partial charge in [0.25, 0.3) is 0 Å². The van der Waals surface area contributed by atoms with E-state index in [0.717, 1.165) is 22.4 Å². The maximum absolute atomic E-state index is 7.50.